The average Bonchev–Trinajstić information content (AvgIpc) is 3.05. The molecule has 0 fully saturated rings. The maximum atomic E-state index is 11.2. The van der Waals surface area contributed by atoms with Crippen LogP contribution < -0.4 is 10.1 Å². The number of ether oxygens (including phenoxy) is 1. The van der Waals surface area contributed by atoms with Gasteiger partial charge in [0.1, 0.15) is 17.6 Å². The lowest BCUT2D eigenvalue weighted by Crippen LogP contribution is -2.02. The molecule has 0 amide bonds. The van der Waals surface area contributed by atoms with E-state index in [-0.39, 0.29) is 5.88 Å². The minimum absolute atomic E-state index is 0.0341. The summed E-state index contributed by atoms with van der Waals surface area (Å²) in [6, 6.07) is 15.0. The lowest BCUT2D eigenvalue weighted by molar-refractivity contribution is 0.397. The molecule has 2 aromatic carbocycles. The number of fused-ring (bicyclic) bond motifs is 2. The third kappa shape index (κ3) is 2.62. The van der Waals surface area contributed by atoms with Gasteiger partial charge >= 0.3 is 0 Å². The van der Waals surface area contributed by atoms with Crippen molar-refractivity contribution < 1.29 is 13.2 Å². The van der Waals surface area contributed by atoms with Gasteiger partial charge in [0.05, 0.1) is 15.5 Å². The Hall–Kier alpha value is -1.66. The first kappa shape index (κ1) is 13.3. The van der Waals surface area contributed by atoms with E-state index in [9.17, 15) is 8.42 Å². The van der Waals surface area contributed by atoms with Gasteiger partial charge in [-0.25, -0.2) is 8.42 Å². The molecule has 4 nitrogen and oxygen atoms in total. The lowest BCUT2D eigenvalue weighted by Gasteiger charge is -1.92. The number of nitrogens with one attached hydrogen (secondary N) is 1. The average molecular weight is 307 g/mol. The number of anilines is 1. The Labute approximate surface area is 122 Å². The number of benzene rings is 2. The van der Waals surface area contributed by atoms with Gasteiger partial charge in [-0.3, -0.25) is 0 Å². The van der Waals surface area contributed by atoms with Crippen LogP contribution in [-0.2, 0) is 9.84 Å². The van der Waals surface area contributed by atoms with Crippen LogP contribution in [0.4, 0.5) is 5.69 Å². The van der Waals surface area contributed by atoms with Crippen LogP contribution in [0.2, 0.25) is 0 Å². The lowest BCUT2D eigenvalue weighted by atomic mass is 10.3. The molecule has 2 heterocycles. The van der Waals surface area contributed by atoms with E-state index in [1.807, 2.05) is 24.3 Å². The summed E-state index contributed by atoms with van der Waals surface area (Å²) >= 11 is 1.75. The molecule has 2 aromatic rings. The molecule has 20 heavy (non-hydrogen) atoms. The van der Waals surface area contributed by atoms with E-state index in [1.165, 1.54) is 4.90 Å². The molecule has 0 aromatic heterocycles. The van der Waals surface area contributed by atoms with Crippen LogP contribution in [-0.4, -0.2) is 20.2 Å². The second-order valence-corrected chi connectivity index (χ2v) is 7.21. The second kappa shape index (κ2) is 5.38. The van der Waals surface area contributed by atoms with E-state index < -0.39 is 9.84 Å². The number of rotatable bonds is 0. The highest BCUT2D eigenvalue weighted by Gasteiger charge is 2.24. The summed E-state index contributed by atoms with van der Waals surface area (Å²) in [5.74, 6) is 1.84. The molecule has 0 radical (unpaired) electrons. The predicted octanol–water partition coefficient (Wildman–Crippen LogP) is 2.97. The minimum atomic E-state index is -3.02. The highest BCUT2D eigenvalue weighted by Crippen LogP contribution is 2.34. The topological polar surface area (TPSA) is 55.4 Å². The molecule has 0 bridgehead atoms. The maximum Gasteiger partial charge on any atom is 0.198 e. The molecule has 4 rings (SSSR count). The minimum Gasteiger partial charge on any atom is -0.481 e. The van der Waals surface area contributed by atoms with Gasteiger partial charge in [-0.2, -0.15) is 0 Å². The summed E-state index contributed by atoms with van der Waals surface area (Å²) in [6.45, 7) is 0. The van der Waals surface area contributed by atoms with Crippen molar-refractivity contribution in [2.75, 3.05) is 17.1 Å². The molecular formula is C14H13NO3S2. The molecule has 2 aliphatic rings. The number of thioether (sulfide) groups is 1. The van der Waals surface area contributed by atoms with E-state index in [0.717, 1.165) is 11.7 Å². The fraction of sp³-hybridized carbons (Fsp3) is 0.143. The number of hydrogen-bond acceptors (Lipinski definition) is 5. The van der Waals surface area contributed by atoms with Gasteiger partial charge in [-0.1, -0.05) is 36.0 Å². The third-order valence-corrected chi connectivity index (χ3v) is 5.39. The highest BCUT2D eigenvalue weighted by molar-refractivity contribution is 7.99. The first-order valence-electron chi connectivity index (χ1n) is 6.07. The van der Waals surface area contributed by atoms with E-state index in [1.54, 1.807) is 30.0 Å². The standard InChI is InChI=1S/C7H7NO2S.C7H6OS/c9-11(10)5-8-6-3-1-2-4-7(6)11;1-2-4-7-6(3-1)8-5-9-7/h1-4,8H,5H2;1-4H,5H2. The first-order chi connectivity index (χ1) is 9.67. The largest absolute Gasteiger partial charge is 0.481 e. The normalized spacial score (nSPS) is 17.0. The van der Waals surface area contributed by atoms with Crippen LogP contribution in [0, 0.1) is 0 Å². The van der Waals surface area contributed by atoms with Crippen LogP contribution in [0.1, 0.15) is 0 Å². The third-order valence-electron chi connectivity index (χ3n) is 2.95. The van der Waals surface area contributed by atoms with E-state index in [4.69, 9.17) is 4.74 Å². The summed E-state index contributed by atoms with van der Waals surface area (Å²) in [6.07, 6.45) is 0. The molecule has 0 aliphatic carbocycles. The predicted molar refractivity (Wildman–Crippen MR) is 79.9 cm³/mol. The molecule has 0 saturated carbocycles. The van der Waals surface area contributed by atoms with E-state index in [0.29, 0.717) is 10.6 Å². The van der Waals surface area contributed by atoms with Crippen molar-refractivity contribution in [1.82, 2.24) is 0 Å². The van der Waals surface area contributed by atoms with Gasteiger partial charge in [-0.15, -0.1) is 0 Å². The van der Waals surface area contributed by atoms with Crippen LogP contribution >= 0.6 is 11.8 Å². The van der Waals surface area contributed by atoms with Gasteiger partial charge < -0.3 is 10.1 Å². The zero-order valence-corrected chi connectivity index (χ0v) is 12.2. The van der Waals surface area contributed by atoms with Crippen LogP contribution in [0.25, 0.3) is 0 Å². The van der Waals surface area contributed by atoms with Gasteiger partial charge in [0.15, 0.2) is 9.84 Å². The van der Waals surface area contributed by atoms with Crippen LogP contribution in [0.15, 0.2) is 58.3 Å². The first-order valence-corrected chi connectivity index (χ1v) is 8.71. The Morgan fingerprint density at radius 3 is 2.60 bits per heavy atom. The van der Waals surface area contributed by atoms with Crippen molar-refractivity contribution in [3.8, 4) is 5.75 Å². The van der Waals surface area contributed by atoms with Crippen LogP contribution in [0.3, 0.4) is 0 Å². The fourth-order valence-corrected chi connectivity index (χ4v) is 4.00. The highest BCUT2D eigenvalue weighted by atomic mass is 32.2. The molecule has 1 N–H and O–H groups in total. The molecule has 0 unspecified atom stereocenters. The summed E-state index contributed by atoms with van der Waals surface area (Å²) in [7, 11) is -3.02. The quantitative estimate of drug-likeness (QED) is 0.811. The van der Waals surface area contributed by atoms with E-state index in [2.05, 4.69) is 11.4 Å². The Morgan fingerprint density at radius 2 is 1.80 bits per heavy atom. The van der Waals surface area contributed by atoms with Gasteiger partial charge in [0.25, 0.3) is 0 Å². The summed E-state index contributed by atoms with van der Waals surface area (Å²) in [5, 5.41) is 2.80. The Kier molecular flexibility index (Phi) is 3.58. The van der Waals surface area contributed by atoms with Gasteiger partial charge in [0, 0.05) is 0 Å². The maximum absolute atomic E-state index is 11.2. The van der Waals surface area contributed by atoms with Crippen molar-refractivity contribution in [1.29, 1.82) is 0 Å². The van der Waals surface area contributed by atoms with Gasteiger partial charge in [-0.05, 0) is 24.3 Å². The molecule has 0 saturated heterocycles. The second-order valence-electron chi connectivity index (χ2n) is 4.29. The van der Waals surface area contributed by atoms with Crippen molar-refractivity contribution >= 4 is 27.3 Å². The summed E-state index contributed by atoms with van der Waals surface area (Å²) < 4.78 is 27.6. The monoisotopic (exact) mass is 307 g/mol. The SMILES string of the molecule is O=S1(=O)CNc2ccccc21.c1ccc2c(c1)OCS2. The molecule has 2 aliphatic heterocycles. The van der Waals surface area contributed by atoms with Crippen molar-refractivity contribution in [2.24, 2.45) is 0 Å². The van der Waals surface area contributed by atoms with E-state index >= 15 is 0 Å². The Balaban J connectivity index is 0.000000123. The summed E-state index contributed by atoms with van der Waals surface area (Å²) in [5.41, 5.74) is 0.715. The number of hydrogen-bond donors (Lipinski definition) is 1. The van der Waals surface area contributed by atoms with Crippen molar-refractivity contribution in [3.63, 3.8) is 0 Å². The number of para-hydroxylation sites is 2. The molecular weight excluding hydrogens is 294 g/mol. The zero-order valence-electron chi connectivity index (χ0n) is 10.6. The van der Waals surface area contributed by atoms with Crippen molar-refractivity contribution in [2.45, 2.75) is 9.79 Å². The molecule has 0 atom stereocenters. The van der Waals surface area contributed by atoms with Gasteiger partial charge in [0.2, 0.25) is 0 Å². The molecule has 0 spiro atoms. The number of sulfone groups is 1. The zero-order chi connectivity index (χ0) is 14.0. The molecule has 6 heteroatoms. The van der Waals surface area contributed by atoms with Crippen molar-refractivity contribution in [3.05, 3.63) is 48.5 Å². The van der Waals surface area contributed by atoms with Crippen LogP contribution in [0.5, 0.6) is 5.75 Å². The fourth-order valence-electron chi connectivity index (χ4n) is 1.98. The summed E-state index contributed by atoms with van der Waals surface area (Å²) in [4.78, 5) is 1.68. The molecule has 104 valence electrons. The Bertz CT molecular complexity index is 706. The Morgan fingerprint density at radius 1 is 1.05 bits per heavy atom. The smallest absolute Gasteiger partial charge is 0.198 e.